The van der Waals surface area contributed by atoms with Crippen molar-refractivity contribution in [3.8, 4) is 5.75 Å². The fourth-order valence-corrected chi connectivity index (χ4v) is 2.75. The smallest absolute Gasteiger partial charge is 0.338 e. The highest BCUT2D eigenvalue weighted by atomic mass is 16.6. The second-order valence-corrected chi connectivity index (χ2v) is 6.87. The van der Waals surface area contributed by atoms with E-state index in [2.05, 4.69) is 0 Å². The van der Waals surface area contributed by atoms with Crippen molar-refractivity contribution in [2.24, 2.45) is 0 Å². The molecule has 0 radical (unpaired) electrons. The van der Waals surface area contributed by atoms with Crippen LogP contribution in [-0.2, 0) is 9.47 Å². The van der Waals surface area contributed by atoms with E-state index in [1.807, 2.05) is 12.2 Å². The van der Waals surface area contributed by atoms with Gasteiger partial charge in [0.05, 0.1) is 34.7 Å². The first-order chi connectivity index (χ1) is 15.4. The summed E-state index contributed by atoms with van der Waals surface area (Å²) in [5, 5.41) is 31.0. The lowest BCUT2D eigenvalue weighted by molar-refractivity contribution is -0.394. The lowest BCUT2D eigenvalue weighted by atomic mass is 10.1. The minimum absolute atomic E-state index is 0.117. The number of carbonyl (C=O) groups excluding carboxylic acids is 1. The van der Waals surface area contributed by atoms with E-state index in [0.717, 1.165) is 43.0 Å². The molecule has 2 rings (SSSR count). The van der Waals surface area contributed by atoms with Crippen molar-refractivity contribution in [2.75, 3.05) is 19.8 Å². The van der Waals surface area contributed by atoms with Crippen LogP contribution in [0.4, 0.5) is 11.4 Å². The maximum atomic E-state index is 12.0. The van der Waals surface area contributed by atoms with E-state index in [0.29, 0.717) is 19.6 Å². The summed E-state index contributed by atoms with van der Waals surface area (Å²) in [4.78, 5) is 32.2. The summed E-state index contributed by atoms with van der Waals surface area (Å²) >= 11 is 0. The zero-order valence-corrected chi connectivity index (χ0v) is 17.3. The first-order valence-electron chi connectivity index (χ1n) is 10.0. The summed E-state index contributed by atoms with van der Waals surface area (Å²) in [6, 6.07) is 9.56. The predicted molar refractivity (Wildman–Crippen MR) is 116 cm³/mol. The molecule has 2 aromatic rings. The molecular weight excluding hydrogens is 420 g/mol. The van der Waals surface area contributed by atoms with E-state index in [1.54, 1.807) is 24.3 Å². The molecule has 170 valence electrons. The van der Waals surface area contributed by atoms with Crippen molar-refractivity contribution < 1.29 is 29.2 Å². The summed E-state index contributed by atoms with van der Waals surface area (Å²) in [7, 11) is 0. The Bertz CT molecular complexity index is 925. The van der Waals surface area contributed by atoms with Crippen molar-refractivity contribution in [3.05, 3.63) is 79.9 Å². The number of non-ortho nitro benzene ring substituents is 2. The summed E-state index contributed by atoms with van der Waals surface area (Å²) in [5.41, 5.74) is -0.326. The van der Waals surface area contributed by atoms with Crippen LogP contribution in [0.2, 0.25) is 0 Å². The molecule has 0 aromatic heterocycles. The lowest BCUT2D eigenvalue weighted by Crippen LogP contribution is -2.08. The molecule has 0 spiro atoms. The van der Waals surface area contributed by atoms with Gasteiger partial charge in [-0.05, 0) is 37.0 Å². The van der Waals surface area contributed by atoms with Gasteiger partial charge < -0.3 is 14.6 Å². The molecule has 0 aliphatic rings. The maximum absolute atomic E-state index is 12.0. The van der Waals surface area contributed by atoms with Crippen molar-refractivity contribution in [1.82, 2.24) is 0 Å². The highest BCUT2D eigenvalue weighted by molar-refractivity contribution is 5.91. The van der Waals surface area contributed by atoms with Crippen molar-refractivity contribution in [1.29, 1.82) is 0 Å². The molecule has 10 nitrogen and oxygen atoms in total. The van der Waals surface area contributed by atoms with Gasteiger partial charge in [0.25, 0.3) is 11.4 Å². The van der Waals surface area contributed by atoms with Crippen LogP contribution in [0.25, 0.3) is 6.08 Å². The predicted octanol–water partition coefficient (Wildman–Crippen LogP) is 4.66. The lowest BCUT2D eigenvalue weighted by Gasteiger charge is -2.05. The van der Waals surface area contributed by atoms with Gasteiger partial charge >= 0.3 is 5.97 Å². The Morgan fingerprint density at radius 1 is 0.906 bits per heavy atom. The molecule has 10 heteroatoms. The van der Waals surface area contributed by atoms with E-state index in [-0.39, 0.29) is 17.9 Å². The Hall–Kier alpha value is -3.79. The van der Waals surface area contributed by atoms with E-state index >= 15 is 0 Å². The number of nitro groups is 2. The molecule has 0 atom stereocenters. The number of esters is 1. The average Bonchev–Trinajstić information content (AvgIpc) is 2.78. The van der Waals surface area contributed by atoms with Crippen LogP contribution in [0.1, 0.15) is 41.6 Å². The molecule has 0 saturated heterocycles. The molecule has 0 bridgehead atoms. The number of phenolic OH excluding ortho intramolecular Hbond substituents is 1. The average molecular weight is 444 g/mol. The van der Waals surface area contributed by atoms with Gasteiger partial charge in [-0.2, -0.15) is 0 Å². The van der Waals surface area contributed by atoms with Crippen LogP contribution in [0.3, 0.4) is 0 Å². The monoisotopic (exact) mass is 444 g/mol. The SMILES string of the molecule is O=C(OCCCCCCOC/C=C/c1ccc(O)cc1)c1cc([N+](=O)[O-])cc([N+](=O)[O-])c1. The van der Waals surface area contributed by atoms with E-state index in [4.69, 9.17) is 9.47 Å². The zero-order chi connectivity index (χ0) is 23.3. The van der Waals surface area contributed by atoms with Crippen LogP contribution < -0.4 is 0 Å². The maximum Gasteiger partial charge on any atom is 0.338 e. The number of nitro benzene ring substituents is 2. The highest BCUT2D eigenvalue weighted by Gasteiger charge is 2.20. The fraction of sp³-hybridized carbons (Fsp3) is 0.318. The topological polar surface area (TPSA) is 142 Å². The number of nitrogens with zero attached hydrogens (tertiary/aromatic N) is 2. The first-order valence-corrected chi connectivity index (χ1v) is 10.0. The van der Waals surface area contributed by atoms with Crippen LogP contribution >= 0.6 is 0 Å². The van der Waals surface area contributed by atoms with Gasteiger partial charge in [-0.15, -0.1) is 0 Å². The summed E-state index contributed by atoms with van der Waals surface area (Å²) in [6.45, 7) is 1.19. The molecule has 2 aromatic carbocycles. The van der Waals surface area contributed by atoms with Gasteiger partial charge in [0.1, 0.15) is 5.75 Å². The Labute approximate surface area is 184 Å². The number of hydrogen-bond donors (Lipinski definition) is 1. The Morgan fingerprint density at radius 3 is 2.09 bits per heavy atom. The molecule has 0 heterocycles. The zero-order valence-electron chi connectivity index (χ0n) is 17.3. The first kappa shape index (κ1) is 24.5. The molecule has 1 N–H and O–H groups in total. The van der Waals surface area contributed by atoms with Crippen LogP contribution in [0, 0.1) is 20.2 Å². The fourth-order valence-electron chi connectivity index (χ4n) is 2.75. The van der Waals surface area contributed by atoms with Gasteiger partial charge in [0, 0.05) is 18.7 Å². The van der Waals surface area contributed by atoms with E-state index < -0.39 is 27.2 Å². The standard InChI is InChI=1S/C22H24N2O8/c25-21-9-7-17(8-10-21)6-5-12-31-11-3-1-2-4-13-32-22(26)18-14-19(23(27)28)16-20(15-18)24(29)30/h5-10,14-16,25H,1-4,11-13H2/b6-5+. The minimum atomic E-state index is -0.833. The van der Waals surface area contributed by atoms with Crippen molar-refractivity contribution in [3.63, 3.8) is 0 Å². The van der Waals surface area contributed by atoms with E-state index in [1.165, 1.54) is 0 Å². The third-order valence-corrected chi connectivity index (χ3v) is 4.39. The molecule has 0 unspecified atom stereocenters. The molecule has 0 fully saturated rings. The molecule has 0 saturated carbocycles. The van der Waals surface area contributed by atoms with Crippen LogP contribution in [-0.4, -0.2) is 40.7 Å². The number of phenols is 1. The number of unbranched alkanes of at least 4 members (excludes halogenated alkanes) is 3. The Balaban J connectivity index is 1.59. The largest absolute Gasteiger partial charge is 0.508 e. The molecule has 0 amide bonds. The second kappa shape index (κ2) is 12.8. The van der Waals surface area contributed by atoms with Gasteiger partial charge in [0.2, 0.25) is 0 Å². The van der Waals surface area contributed by atoms with Crippen LogP contribution in [0.15, 0.2) is 48.5 Å². The molecule has 32 heavy (non-hydrogen) atoms. The second-order valence-electron chi connectivity index (χ2n) is 6.87. The van der Waals surface area contributed by atoms with Crippen LogP contribution in [0.5, 0.6) is 5.75 Å². The Morgan fingerprint density at radius 2 is 1.50 bits per heavy atom. The number of aromatic hydroxyl groups is 1. The highest BCUT2D eigenvalue weighted by Crippen LogP contribution is 2.23. The van der Waals surface area contributed by atoms with Gasteiger partial charge in [-0.1, -0.05) is 30.7 Å². The normalized spacial score (nSPS) is 10.9. The summed E-state index contributed by atoms with van der Waals surface area (Å²) < 4.78 is 10.6. The number of benzene rings is 2. The van der Waals surface area contributed by atoms with E-state index in [9.17, 15) is 30.1 Å². The van der Waals surface area contributed by atoms with Crippen molar-refractivity contribution >= 4 is 23.4 Å². The quantitative estimate of drug-likeness (QED) is 0.203. The molecule has 0 aliphatic heterocycles. The van der Waals surface area contributed by atoms with Gasteiger partial charge in [-0.3, -0.25) is 20.2 Å². The number of ether oxygens (including phenoxy) is 2. The summed E-state index contributed by atoms with van der Waals surface area (Å²) in [6.07, 6.45) is 6.92. The van der Waals surface area contributed by atoms with Gasteiger partial charge in [0.15, 0.2) is 0 Å². The third kappa shape index (κ3) is 8.52. The molecular formula is C22H24N2O8. The number of rotatable bonds is 13. The number of carbonyl (C=O) groups is 1. The number of hydrogen-bond acceptors (Lipinski definition) is 8. The third-order valence-electron chi connectivity index (χ3n) is 4.39. The Kier molecular flexibility index (Phi) is 9.79. The van der Waals surface area contributed by atoms with Crippen molar-refractivity contribution in [2.45, 2.75) is 25.7 Å². The molecule has 0 aliphatic carbocycles. The van der Waals surface area contributed by atoms with Gasteiger partial charge in [-0.25, -0.2) is 4.79 Å². The minimum Gasteiger partial charge on any atom is -0.508 e. The summed E-state index contributed by atoms with van der Waals surface area (Å²) in [5.74, 6) is -0.610.